The highest BCUT2D eigenvalue weighted by Gasteiger charge is 2.14. The molecule has 1 heterocycles. The maximum Gasteiger partial charge on any atom is 0.133 e. The molecule has 0 spiro atoms. The second-order valence-electron chi connectivity index (χ2n) is 5.67. The lowest BCUT2D eigenvalue weighted by Gasteiger charge is -2.30. The van der Waals surface area contributed by atoms with Crippen LogP contribution in [0.15, 0.2) is 22.7 Å². The number of nitrogens with one attached hydrogen (secondary N) is 1. The minimum absolute atomic E-state index is 0.885. The Morgan fingerprint density at radius 2 is 2.10 bits per heavy atom. The Kier molecular flexibility index (Phi) is 6.33. The summed E-state index contributed by atoms with van der Waals surface area (Å²) in [5.41, 5.74) is 1.28. The Bertz CT molecular complexity index is 417. The van der Waals surface area contributed by atoms with Gasteiger partial charge >= 0.3 is 0 Å². The van der Waals surface area contributed by atoms with Gasteiger partial charge in [0.1, 0.15) is 5.75 Å². The number of nitrogens with zero attached hydrogens (tertiary/aromatic N) is 1. The normalized spacial score (nSPS) is 17.4. The molecule has 1 aromatic rings. The van der Waals surface area contributed by atoms with E-state index in [-0.39, 0.29) is 0 Å². The zero-order valence-electron chi connectivity index (χ0n) is 12.5. The molecule has 0 atom stereocenters. The fourth-order valence-electron chi connectivity index (χ4n) is 2.58. The van der Waals surface area contributed by atoms with Crippen LogP contribution in [-0.2, 0) is 6.54 Å². The van der Waals surface area contributed by atoms with Gasteiger partial charge in [0.15, 0.2) is 0 Å². The topological polar surface area (TPSA) is 24.5 Å². The summed E-state index contributed by atoms with van der Waals surface area (Å²) < 4.78 is 6.26. The molecular weight excluding hydrogens is 316 g/mol. The highest BCUT2D eigenvalue weighted by molar-refractivity contribution is 9.10. The molecule has 0 amide bonds. The van der Waals surface area contributed by atoms with Crippen molar-refractivity contribution in [3.8, 4) is 5.75 Å². The van der Waals surface area contributed by atoms with Gasteiger partial charge in [0.25, 0.3) is 0 Å². The summed E-state index contributed by atoms with van der Waals surface area (Å²) in [6.07, 6.45) is 2.71. The number of hydrogen-bond acceptors (Lipinski definition) is 3. The third-order valence-electron chi connectivity index (χ3n) is 4.03. The van der Waals surface area contributed by atoms with Crippen molar-refractivity contribution in [3.63, 3.8) is 0 Å². The van der Waals surface area contributed by atoms with Crippen LogP contribution in [0.2, 0.25) is 0 Å². The van der Waals surface area contributed by atoms with E-state index < -0.39 is 0 Å². The Labute approximate surface area is 130 Å². The Hall–Kier alpha value is -0.580. The van der Waals surface area contributed by atoms with Crippen LogP contribution in [-0.4, -0.2) is 38.2 Å². The fraction of sp³-hybridized carbons (Fsp3) is 0.625. The van der Waals surface area contributed by atoms with Gasteiger partial charge in [-0.3, -0.25) is 0 Å². The Balaban J connectivity index is 1.67. The minimum atomic E-state index is 0.885. The summed E-state index contributed by atoms with van der Waals surface area (Å²) in [4.78, 5) is 2.57. The molecule has 0 aromatic heterocycles. The summed E-state index contributed by atoms with van der Waals surface area (Å²) in [7, 11) is 1.69. The lowest BCUT2D eigenvalue weighted by molar-refractivity contribution is 0.193. The van der Waals surface area contributed by atoms with E-state index in [0.717, 1.165) is 35.8 Å². The van der Waals surface area contributed by atoms with Gasteiger partial charge in [0.2, 0.25) is 0 Å². The third kappa shape index (κ3) is 4.76. The molecule has 1 aliphatic heterocycles. The second-order valence-corrected chi connectivity index (χ2v) is 6.52. The van der Waals surface area contributed by atoms with Crippen molar-refractivity contribution in [1.29, 1.82) is 0 Å². The average molecular weight is 341 g/mol. The van der Waals surface area contributed by atoms with Gasteiger partial charge < -0.3 is 15.0 Å². The van der Waals surface area contributed by atoms with Gasteiger partial charge in [0.05, 0.1) is 11.6 Å². The summed E-state index contributed by atoms with van der Waals surface area (Å²) in [5.74, 6) is 1.80. The number of hydrogen-bond donors (Lipinski definition) is 1. The molecule has 1 saturated heterocycles. The van der Waals surface area contributed by atoms with E-state index >= 15 is 0 Å². The molecule has 2 rings (SSSR count). The van der Waals surface area contributed by atoms with Crippen molar-refractivity contribution >= 4 is 15.9 Å². The molecule has 0 saturated carbocycles. The van der Waals surface area contributed by atoms with Crippen LogP contribution >= 0.6 is 15.9 Å². The largest absolute Gasteiger partial charge is 0.496 e. The van der Waals surface area contributed by atoms with Crippen LogP contribution in [0.5, 0.6) is 5.75 Å². The van der Waals surface area contributed by atoms with Crippen LogP contribution in [0.3, 0.4) is 0 Å². The van der Waals surface area contributed by atoms with Crippen LogP contribution in [0.25, 0.3) is 0 Å². The van der Waals surface area contributed by atoms with Crippen LogP contribution in [0.1, 0.15) is 25.3 Å². The standard InChI is InChI=1S/C16H25BrN2O/c1-13-5-8-19(9-6-13)10-7-18-12-14-3-4-16(20-2)15(17)11-14/h3-4,11,13,18H,5-10,12H2,1-2H3. The van der Waals surface area contributed by atoms with Gasteiger partial charge in [-0.2, -0.15) is 0 Å². The molecule has 3 nitrogen and oxygen atoms in total. The monoisotopic (exact) mass is 340 g/mol. The molecule has 0 bridgehead atoms. The predicted molar refractivity (Wildman–Crippen MR) is 87.2 cm³/mol. The van der Waals surface area contributed by atoms with Gasteiger partial charge in [-0.15, -0.1) is 0 Å². The van der Waals surface area contributed by atoms with Crippen LogP contribution in [0.4, 0.5) is 0 Å². The molecule has 4 heteroatoms. The summed E-state index contributed by atoms with van der Waals surface area (Å²) in [5, 5.41) is 3.52. The molecule has 0 unspecified atom stereocenters. The van der Waals surface area contributed by atoms with E-state index in [2.05, 4.69) is 45.2 Å². The number of rotatable bonds is 6. The zero-order chi connectivity index (χ0) is 14.4. The van der Waals surface area contributed by atoms with E-state index in [0.29, 0.717) is 0 Å². The summed E-state index contributed by atoms with van der Waals surface area (Å²) >= 11 is 3.52. The van der Waals surface area contributed by atoms with Crippen molar-refractivity contribution in [3.05, 3.63) is 28.2 Å². The van der Waals surface area contributed by atoms with E-state index in [4.69, 9.17) is 4.74 Å². The molecule has 20 heavy (non-hydrogen) atoms. The minimum Gasteiger partial charge on any atom is -0.496 e. The number of ether oxygens (including phenoxy) is 1. The molecule has 112 valence electrons. The maximum absolute atomic E-state index is 5.24. The average Bonchev–Trinajstić information content (AvgIpc) is 2.46. The first-order valence-electron chi connectivity index (χ1n) is 7.44. The number of halogens is 1. The second kappa shape index (κ2) is 8.01. The SMILES string of the molecule is COc1ccc(CNCCN2CCC(C)CC2)cc1Br. The van der Waals surface area contributed by atoms with Crippen LogP contribution in [0, 0.1) is 5.92 Å². The molecule has 0 radical (unpaired) electrons. The third-order valence-corrected chi connectivity index (χ3v) is 4.65. The van der Waals surface area contributed by atoms with Crippen molar-refractivity contribution in [2.24, 2.45) is 5.92 Å². The molecule has 1 N–H and O–H groups in total. The quantitative estimate of drug-likeness (QED) is 0.804. The number of piperidine rings is 1. The van der Waals surface area contributed by atoms with Crippen LogP contribution < -0.4 is 10.1 Å². The molecule has 0 aliphatic carbocycles. The van der Waals surface area contributed by atoms with Crippen molar-refractivity contribution in [2.75, 3.05) is 33.3 Å². The molecule has 1 aromatic carbocycles. The first-order valence-corrected chi connectivity index (χ1v) is 8.24. The maximum atomic E-state index is 5.24. The van der Waals surface area contributed by atoms with Gasteiger partial charge in [-0.05, 0) is 65.5 Å². The van der Waals surface area contributed by atoms with E-state index in [1.54, 1.807) is 7.11 Å². The van der Waals surface area contributed by atoms with Crippen molar-refractivity contribution in [1.82, 2.24) is 10.2 Å². The van der Waals surface area contributed by atoms with Gasteiger partial charge in [0, 0.05) is 19.6 Å². The van der Waals surface area contributed by atoms with E-state index in [1.165, 1.54) is 31.5 Å². The highest BCUT2D eigenvalue weighted by Crippen LogP contribution is 2.25. The lowest BCUT2D eigenvalue weighted by Crippen LogP contribution is -2.37. The molecular formula is C16H25BrN2O. The predicted octanol–water partition coefficient (Wildman–Crippen LogP) is 3.28. The number of benzene rings is 1. The van der Waals surface area contributed by atoms with Gasteiger partial charge in [-0.1, -0.05) is 13.0 Å². The van der Waals surface area contributed by atoms with Gasteiger partial charge in [-0.25, -0.2) is 0 Å². The molecule has 1 fully saturated rings. The van der Waals surface area contributed by atoms with E-state index in [9.17, 15) is 0 Å². The zero-order valence-corrected chi connectivity index (χ0v) is 14.1. The highest BCUT2D eigenvalue weighted by atomic mass is 79.9. The summed E-state index contributed by atoms with van der Waals surface area (Å²) in [6.45, 7) is 8.00. The first kappa shape index (κ1) is 15.8. The van der Waals surface area contributed by atoms with Crippen molar-refractivity contribution < 1.29 is 4.74 Å². The fourth-order valence-corrected chi connectivity index (χ4v) is 3.16. The smallest absolute Gasteiger partial charge is 0.133 e. The lowest BCUT2D eigenvalue weighted by atomic mass is 9.99. The Morgan fingerprint density at radius 3 is 2.75 bits per heavy atom. The van der Waals surface area contributed by atoms with E-state index in [1.807, 2.05) is 6.07 Å². The Morgan fingerprint density at radius 1 is 1.35 bits per heavy atom. The first-order chi connectivity index (χ1) is 9.69. The molecule has 1 aliphatic rings. The summed E-state index contributed by atoms with van der Waals surface area (Å²) in [6, 6.07) is 6.24. The number of likely N-dealkylation sites (tertiary alicyclic amines) is 1. The number of methoxy groups -OCH3 is 1. The van der Waals surface area contributed by atoms with Crippen molar-refractivity contribution in [2.45, 2.75) is 26.3 Å².